The predicted molar refractivity (Wildman–Crippen MR) is 120 cm³/mol. The van der Waals surface area contributed by atoms with Gasteiger partial charge in [-0.1, -0.05) is 20.8 Å². The van der Waals surface area contributed by atoms with Crippen LogP contribution in [0.5, 0.6) is 0 Å². The fourth-order valence-electron chi connectivity index (χ4n) is 4.24. The molecule has 0 aromatic rings. The van der Waals surface area contributed by atoms with Crippen LogP contribution in [-0.2, 0) is 14.0 Å². The molecule has 2 N–H and O–H groups in total. The maximum absolute atomic E-state index is 12.8. The number of hydrogen-bond donors (Lipinski definition) is 2. The number of hydrogen-bond acceptors (Lipinski definition) is 5. The molecule has 0 aromatic carbocycles. The highest BCUT2D eigenvalue weighted by molar-refractivity contribution is 6.74. The normalized spacial score (nSPS) is 23.3. The molecule has 172 valence electrons. The highest BCUT2D eigenvalue weighted by Crippen LogP contribution is 2.38. The van der Waals surface area contributed by atoms with Gasteiger partial charge in [0.15, 0.2) is 8.32 Å². The maximum Gasteiger partial charge on any atom is 0.337 e. The molecule has 0 unspecified atom stereocenters. The number of ether oxygens (including phenoxy) is 1. The van der Waals surface area contributed by atoms with Crippen molar-refractivity contribution in [3.05, 3.63) is 11.3 Å². The van der Waals surface area contributed by atoms with Crippen LogP contribution in [0, 0.1) is 0 Å². The molecule has 0 saturated carbocycles. The molecule has 8 heteroatoms. The van der Waals surface area contributed by atoms with Crippen molar-refractivity contribution in [1.29, 1.82) is 0 Å². The first-order valence-corrected chi connectivity index (χ1v) is 14.0. The van der Waals surface area contributed by atoms with Crippen molar-refractivity contribution in [2.24, 2.45) is 0 Å². The third-order valence-electron chi connectivity index (χ3n) is 6.86. The van der Waals surface area contributed by atoms with Crippen molar-refractivity contribution in [3.8, 4) is 0 Å². The summed E-state index contributed by atoms with van der Waals surface area (Å²) in [6, 6.07) is -0.484. The van der Waals surface area contributed by atoms with E-state index < -0.39 is 8.32 Å². The number of nitrogens with one attached hydrogen (secondary N) is 1. The fourth-order valence-corrected chi connectivity index (χ4v) is 5.72. The van der Waals surface area contributed by atoms with Crippen LogP contribution in [0.3, 0.4) is 0 Å². The van der Waals surface area contributed by atoms with Crippen LogP contribution >= 0.6 is 0 Å². The van der Waals surface area contributed by atoms with Gasteiger partial charge in [0.05, 0.1) is 18.7 Å². The summed E-state index contributed by atoms with van der Waals surface area (Å²) < 4.78 is 11.5. The van der Waals surface area contributed by atoms with Crippen molar-refractivity contribution < 1.29 is 23.9 Å². The van der Waals surface area contributed by atoms with Crippen LogP contribution in [0.25, 0.3) is 0 Å². The molecule has 7 nitrogen and oxygen atoms in total. The molecule has 0 radical (unpaired) electrons. The minimum absolute atomic E-state index is 0.0252. The quantitative estimate of drug-likeness (QED) is 0.419. The summed E-state index contributed by atoms with van der Waals surface area (Å²) in [5.74, 6) is -0.379. The first kappa shape index (κ1) is 24.9. The molecule has 2 heterocycles. The van der Waals surface area contributed by atoms with E-state index in [-0.39, 0.29) is 41.8 Å². The highest BCUT2D eigenvalue weighted by atomic mass is 28.4. The van der Waals surface area contributed by atoms with E-state index in [0.717, 1.165) is 25.7 Å². The Morgan fingerprint density at radius 3 is 2.57 bits per heavy atom. The molecular formula is C22H40N2O5Si. The molecule has 0 aromatic heterocycles. The van der Waals surface area contributed by atoms with Gasteiger partial charge in [-0.2, -0.15) is 0 Å². The largest absolute Gasteiger partial charge is 0.466 e. The number of nitrogens with zero attached hydrogens (tertiary/aromatic N) is 1. The van der Waals surface area contributed by atoms with E-state index in [1.807, 2.05) is 0 Å². The number of urea groups is 1. The number of rotatable bonds is 9. The molecule has 2 aliphatic rings. The lowest BCUT2D eigenvalue weighted by Gasteiger charge is -2.38. The molecular weight excluding hydrogens is 400 g/mol. The number of carbonyl (C=O) groups is 2. The Bertz CT molecular complexity index is 671. The van der Waals surface area contributed by atoms with E-state index >= 15 is 0 Å². The molecule has 1 fully saturated rings. The van der Waals surface area contributed by atoms with Gasteiger partial charge in [0.2, 0.25) is 0 Å². The number of aliphatic hydroxyl groups excluding tert-OH is 1. The SMILES string of the molecule is COC(=O)C1=C(CCC[C@H](C)O[Si](C)(C)C(C)(C)C)NC(=O)N2[C@@H](CCO)CC[C@@H]12. The molecule has 1 saturated heterocycles. The molecule has 2 rings (SSSR count). The van der Waals surface area contributed by atoms with Crippen LogP contribution in [-0.4, -0.2) is 62.2 Å². The highest BCUT2D eigenvalue weighted by Gasteiger charge is 2.45. The smallest absolute Gasteiger partial charge is 0.337 e. The minimum atomic E-state index is -1.82. The zero-order valence-electron chi connectivity index (χ0n) is 19.7. The monoisotopic (exact) mass is 440 g/mol. The summed E-state index contributed by atoms with van der Waals surface area (Å²) >= 11 is 0. The second kappa shape index (κ2) is 9.83. The van der Waals surface area contributed by atoms with Gasteiger partial charge in [-0.3, -0.25) is 0 Å². The fraction of sp³-hybridized carbons (Fsp3) is 0.818. The minimum Gasteiger partial charge on any atom is -0.466 e. The summed E-state index contributed by atoms with van der Waals surface area (Å²) in [7, 11) is -0.444. The number of esters is 1. The van der Waals surface area contributed by atoms with Crippen LogP contribution in [0.2, 0.25) is 18.1 Å². The van der Waals surface area contributed by atoms with Gasteiger partial charge in [0.25, 0.3) is 0 Å². The Labute approximate surface area is 182 Å². The van der Waals surface area contributed by atoms with E-state index in [9.17, 15) is 14.7 Å². The van der Waals surface area contributed by atoms with Crippen LogP contribution in [0.4, 0.5) is 4.79 Å². The number of methoxy groups -OCH3 is 1. The van der Waals surface area contributed by atoms with Crippen LogP contribution in [0.1, 0.15) is 66.2 Å². The summed E-state index contributed by atoms with van der Waals surface area (Å²) in [4.78, 5) is 27.0. The van der Waals surface area contributed by atoms with Crippen molar-refractivity contribution >= 4 is 20.3 Å². The van der Waals surface area contributed by atoms with E-state index in [1.54, 1.807) is 4.90 Å². The first-order chi connectivity index (χ1) is 13.9. The van der Waals surface area contributed by atoms with E-state index in [0.29, 0.717) is 24.1 Å². The lowest BCUT2D eigenvalue weighted by atomic mass is 9.97. The van der Waals surface area contributed by atoms with Crippen molar-refractivity contribution in [1.82, 2.24) is 10.2 Å². The molecule has 0 aliphatic carbocycles. The van der Waals surface area contributed by atoms with Crippen LogP contribution < -0.4 is 5.32 Å². The lowest BCUT2D eigenvalue weighted by Crippen LogP contribution is -2.53. The second-order valence-electron chi connectivity index (χ2n) is 10.1. The third kappa shape index (κ3) is 5.45. The Hall–Kier alpha value is -1.38. The average Bonchev–Trinajstić information content (AvgIpc) is 3.04. The summed E-state index contributed by atoms with van der Waals surface area (Å²) in [5, 5.41) is 12.4. The van der Waals surface area contributed by atoms with Crippen molar-refractivity contribution in [3.63, 3.8) is 0 Å². The number of fused-ring (bicyclic) bond motifs is 1. The Morgan fingerprint density at radius 1 is 1.33 bits per heavy atom. The average molecular weight is 441 g/mol. The topological polar surface area (TPSA) is 88.1 Å². The number of aliphatic hydroxyl groups is 1. The van der Waals surface area contributed by atoms with Gasteiger partial charge in [-0.15, -0.1) is 0 Å². The maximum atomic E-state index is 12.8. The number of carbonyl (C=O) groups excluding carboxylic acids is 2. The zero-order valence-corrected chi connectivity index (χ0v) is 20.7. The third-order valence-corrected chi connectivity index (χ3v) is 11.5. The summed E-state index contributed by atoms with van der Waals surface area (Å²) in [6.45, 7) is 13.3. The summed E-state index contributed by atoms with van der Waals surface area (Å²) in [5.41, 5.74) is 1.24. The molecule has 30 heavy (non-hydrogen) atoms. The van der Waals surface area contributed by atoms with Crippen molar-refractivity contribution in [2.75, 3.05) is 13.7 Å². The van der Waals surface area contributed by atoms with Gasteiger partial charge in [-0.05, 0) is 63.6 Å². The van der Waals surface area contributed by atoms with E-state index in [2.05, 4.69) is 46.1 Å². The molecule has 3 atom stereocenters. The van der Waals surface area contributed by atoms with Crippen molar-refractivity contribution in [2.45, 2.75) is 103 Å². The Kier molecular flexibility index (Phi) is 8.15. The molecule has 0 bridgehead atoms. The number of amides is 2. The predicted octanol–water partition coefficient (Wildman–Crippen LogP) is 3.93. The van der Waals surface area contributed by atoms with E-state index in [1.165, 1.54) is 7.11 Å². The molecule has 0 spiro atoms. The summed E-state index contributed by atoms with van der Waals surface area (Å²) in [6.07, 6.45) is 4.44. The Balaban J connectivity index is 2.08. The van der Waals surface area contributed by atoms with Gasteiger partial charge >= 0.3 is 12.0 Å². The van der Waals surface area contributed by atoms with Gasteiger partial charge < -0.3 is 24.5 Å². The van der Waals surface area contributed by atoms with E-state index in [4.69, 9.17) is 9.16 Å². The first-order valence-electron chi connectivity index (χ1n) is 11.1. The van der Waals surface area contributed by atoms with Gasteiger partial charge in [-0.25, -0.2) is 9.59 Å². The zero-order chi connectivity index (χ0) is 22.7. The molecule has 2 aliphatic heterocycles. The standard InChI is InChI=1S/C22H40N2O5Si/c1-15(29-30(6,7)22(2,3)4)9-8-10-17-19(20(26)28-5)18-12-11-16(13-14-25)24(18)21(27)23-17/h15-16,18,25H,8-14H2,1-7H3,(H,23,27)/t15-,16+,18-/m0/s1. The molecule has 2 amide bonds. The second-order valence-corrected chi connectivity index (χ2v) is 14.8. The van der Waals surface area contributed by atoms with Crippen LogP contribution in [0.15, 0.2) is 11.3 Å². The number of allylic oxidation sites excluding steroid dienone is 1. The Morgan fingerprint density at radius 2 is 2.00 bits per heavy atom. The van der Waals surface area contributed by atoms with Gasteiger partial charge in [0, 0.05) is 24.4 Å². The van der Waals surface area contributed by atoms with Gasteiger partial charge in [0.1, 0.15) is 0 Å². The lowest BCUT2D eigenvalue weighted by molar-refractivity contribution is -0.136.